The highest BCUT2D eigenvalue weighted by Crippen LogP contribution is 2.27. The van der Waals surface area contributed by atoms with Crippen LogP contribution >= 0.6 is 0 Å². The lowest BCUT2D eigenvalue weighted by atomic mass is 10.0. The average Bonchev–Trinajstić information content (AvgIpc) is 3.21. The van der Waals surface area contributed by atoms with Crippen molar-refractivity contribution in [2.75, 3.05) is 13.1 Å². The minimum absolute atomic E-state index is 0.0219. The van der Waals surface area contributed by atoms with Gasteiger partial charge in [-0.2, -0.15) is 0 Å². The number of hydrogen-bond donors (Lipinski definition) is 3. The lowest BCUT2D eigenvalue weighted by molar-refractivity contribution is -0.136. The second-order valence-electron chi connectivity index (χ2n) is 5.19. The first kappa shape index (κ1) is 14.5. The van der Waals surface area contributed by atoms with Gasteiger partial charge in [-0.1, -0.05) is 24.3 Å². The highest BCUT2D eigenvalue weighted by atomic mass is 16.4. The maximum Gasteiger partial charge on any atom is 0.307 e. The number of aliphatic carboxylic acids is 1. The second kappa shape index (κ2) is 7.05. The largest absolute Gasteiger partial charge is 0.481 e. The fourth-order valence-electron chi connectivity index (χ4n) is 2.03. The van der Waals surface area contributed by atoms with E-state index in [9.17, 15) is 9.59 Å². The van der Waals surface area contributed by atoms with E-state index in [1.807, 2.05) is 12.1 Å². The predicted octanol–water partition coefficient (Wildman–Crippen LogP) is 0.929. The Hall–Kier alpha value is -1.88. The van der Waals surface area contributed by atoms with Crippen molar-refractivity contribution < 1.29 is 14.7 Å². The summed E-state index contributed by atoms with van der Waals surface area (Å²) in [6, 6.07) is 7.27. The SMILES string of the molecule is O=C(O)Cc1ccccc1CNC(=O)CNCC1CC1. The first-order valence-corrected chi connectivity index (χ1v) is 6.91. The molecule has 0 spiro atoms. The van der Waals surface area contributed by atoms with Gasteiger partial charge in [0.05, 0.1) is 13.0 Å². The molecule has 1 aliphatic carbocycles. The maximum atomic E-state index is 11.7. The molecule has 0 heterocycles. The topological polar surface area (TPSA) is 78.4 Å². The molecule has 0 bridgehead atoms. The molecule has 0 aliphatic heterocycles. The van der Waals surface area contributed by atoms with Crippen molar-refractivity contribution in [1.82, 2.24) is 10.6 Å². The Bertz CT molecular complexity index is 484. The van der Waals surface area contributed by atoms with Crippen LogP contribution in [0.5, 0.6) is 0 Å². The van der Waals surface area contributed by atoms with Crippen molar-refractivity contribution in [2.45, 2.75) is 25.8 Å². The van der Waals surface area contributed by atoms with E-state index >= 15 is 0 Å². The van der Waals surface area contributed by atoms with Crippen LogP contribution in [0.1, 0.15) is 24.0 Å². The van der Waals surface area contributed by atoms with Gasteiger partial charge in [0.25, 0.3) is 0 Å². The molecule has 1 aromatic carbocycles. The Kier molecular flexibility index (Phi) is 5.12. The van der Waals surface area contributed by atoms with E-state index in [2.05, 4.69) is 10.6 Å². The van der Waals surface area contributed by atoms with Gasteiger partial charge in [0.1, 0.15) is 0 Å². The number of benzene rings is 1. The van der Waals surface area contributed by atoms with Crippen LogP contribution in [-0.4, -0.2) is 30.1 Å². The molecule has 0 unspecified atom stereocenters. The van der Waals surface area contributed by atoms with E-state index in [-0.39, 0.29) is 12.3 Å². The van der Waals surface area contributed by atoms with E-state index in [1.165, 1.54) is 12.8 Å². The van der Waals surface area contributed by atoms with E-state index in [4.69, 9.17) is 5.11 Å². The molecular formula is C15H20N2O3. The van der Waals surface area contributed by atoms with Crippen LogP contribution in [-0.2, 0) is 22.6 Å². The van der Waals surface area contributed by atoms with Gasteiger partial charge in [-0.3, -0.25) is 9.59 Å². The summed E-state index contributed by atoms with van der Waals surface area (Å²) in [5.41, 5.74) is 1.59. The number of rotatable bonds is 8. The Labute approximate surface area is 118 Å². The molecule has 108 valence electrons. The zero-order valence-corrected chi connectivity index (χ0v) is 11.4. The summed E-state index contributed by atoms with van der Waals surface area (Å²) in [7, 11) is 0. The lowest BCUT2D eigenvalue weighted by Crippen LogP contribution is -2.34. The summed E-state index contributed by atoms with van der Waals surface area (Å²) in [6.45, 7) is 1.59. The molecular weight excluding hydrogens is 256 g/mol. The molecule has 1 aromatic rings. The van der Waals surface area contributed by atoms with E-state index in [0.29, 0.717) is 13.1 Å². The third kappa shape index (κ3) is 5.01. The molecule has 0 radical (unpaired) electrons. The fraction of sp³-hybridized carbons (Fsp3) is 0.467. The number of hydrogen-bond acceptors (Lipinski definition) is 3. The van der Waals surface area contributed by atoms with Crippen LogP contribution in [0.3, 0.4) is 0 Å². The molecule has 1 aliphatic rings. The van der Waals surface area contributed by atoms with Crippen molar-refractivity contribution in [1.29, 1.82) is 0 Å². The van der Waals surface area contributed by atoms with Gasteiger partial charge in [-0.15, -0.1) is 0 Å². The van der Waals surface area contributed by atoms with E-state index in [0.717, 1.165) is 23.6 Å². The average molecular weight is 276 g/mol. The highest BCUT2D eigenvalue weighted by molar-refractivity contribution is 5.78. The van der Waals surface area contributed by atoms with Gasteiger partial charge in [0.2, 0.25) is 5.91 Å². The summed E-state index contributed by atoms with van der Waals surface area (Å²) in [5.74, 6) is -0.176. The Morgan fingerprint density at radius 3 is 2.55 bits per heavy atom. The molecule has 5 nitrogen and oxygen atoms in total. The van der Waals surface area contributed by atoms with Crippen molar-refractivity contribution in [3.63, 3.8) is 0 Å². The third-order valence-corrected chi connectivity index (χ3v) is 3.35. The predicted molar refractivity (Wildman–Crippen MR) is 75.2 cm³/mol. The van der Waals surface area contributed by atoms with Crippen LogP contribution in [0, 0.1) is 5.92 Å². The number of carbonyl (C=O) groups excluding carboxylic acids is 1. The summed E-state index contributed by atoms with van der Waals surface area (Å²) in [5, 5.41) is 14.8. The first-order chi connectivity index (χ1) is 9.65. The summed E-state index contributed by atoms with van der Waals surface area (Å²) < 4.78 is 0. The lowest BCUT2D eigenvalue weighted by Gasteiger charge is -2.10. The van der Waals surface area contributed by atoms with Crippen LogP contribution in [0.15, 0.2) is 24.3 Å². The Balaban J connectivity index is 1.76. The number of carboxylic acids is 1. The van der Waals surface area contributed by atoms with Gasteiger partial charge in [0, 0.05) is 6.54 Å². The molecule has 0 saturated heterocycles. The van der Waals surface area contributed by atoms with E-state index in [1.54, 1.807) is 12.1 Å². The standard InChI is InChI=1S/C15H20N2O3/c18-14(10-16-8-11-5-6-11)17-9-13-4-2-1-3-12(13)7-15(19)20/h1-4,11,16H,5-10H2,(H,17,18)(H,19,20). The molecule has 3 N–H and O–H groups in total. The molecule has 20 heavy (non-hydrogen) atoms. The molecule has 2 rings (SSSR count). The Morgan fingerprint density at radius 1 is 1.20 bits per heavy atom. The van der Waals surface area contributed by atoms with E-state index < -0.39 is 5.97 Å². The zero-order chi connectivity index (χ0) is 14.4. The van der Waals surface area contributed by atoms with Crippen LogP contribution in [0.4, 0.5) is 0 Å². The zero-order valence-electron chi connectivity index (χ0n) is 11.4. The van der Waals surface area contributed by atoms with Crippen LogP contribution in [0.2, 0.25) is 0 Å². The number of amides is 1. The normalized spacial score (nSPS) is 14.0. The molecule has 0 aromatic heterocycles. The van der Waals surface area contributed by atoms with Gasteiger partial charge in [-0.25, -0.2) is 0 Å². The summed E-state index contributed by atoms with van der Waals surface area (Å²) in [4.78, 5) is 22.4. The molecule has 1 fully saturated rings. The molecule has 5 heteroatoms. The molecule has 0 atom stereocenters. The number of nitrogens with one attached hydrogen (secondary N) is 2. The number of carbonyl (C=O) groups is 2. The molecule has 1 amide bonds. The molecule has 1 saturated carbocycles. The number of carboxylic acid groups (broad SMARTS) is 1. The Morgan fingerprint density at radius 2 is 1.90 bits per heavy atom. The van der Waals surface area contributed by atoms with Crippen LogP contribution < -0.4 is 10.6 Å². The highest BCUT2D eigenvalue weighted by Gasteiger charge is 2.20. The minimum atomic E-state index is -0.866. The monoisotopic (exact) mass is 276 g/mol. The third-order valence-electron chi connectivity index (χ3n) is 3.35. The van der Waals surface area contributed by atoms with Crippen molar-refractivity contribution in [3.05, 3.63) is 35.4 Å². The van der Waals surface area contributed by atoms with Gasteiger partial charge in [0.15, 0.2) is 0 Å². The van der Waals surface area contributed by atoms with Crippen molar-refractivity contribution in [2.24, 2.45) is 5.92 Å². The van der Waals surface area contributed by atoms with Gasteiger partial charge < -0.3 is 15.7 Å². The van der Waals surface area contributed by atoms with Gasteiger partial charge >= 0.3 is 5.97 Å². The smallest absolute Gasteiger partial charge is 0.307 e. The second-order valence-corrected chi connectivity index (χ2v) is 5.19. The maximum absolute atomic E-state index is 11.7. The first-order valence-electron chi connectivity index (χ1n) is 6.91. The van der Waals surface area contributed by atoms with Crippen LogP contribution in [0.25, 0.3) is 0 Å². The van der Waals surface area contributed by atoms with Crippen molar-refractivity contribution >= 4 is 11.9 Å². The van der Waals surface area contributed by atoms with Gasteiger partial charge in [-0.05, 0) is 36.4 Å². The van der Waals surface area contributed by atoms with Crippen molar-refractivity contribution in [3.8, 4) is 0 Å². The summed E-state index contributed by atoms with van der Waals surface area (Å²) in [6.07, 6.45) is 2.50. The quantitative estimate of drug-likeness (QED) is 0.660. The fourth-order valence-corrected chi connectivity index (χ4v) is 2.03. The summed E-state index contributed by atoms with van der Waals surface area (Å²) >= 11 is 0. The minimum Gasteiger partial charge on any atom is -0.481 e.